The summed E-state index contributed by atoms with van der Waals surface area (Å²) >= 11 is 1.72. The summed E-state index contributed by atoms with van der Waals surface area (Å²) in [7, 11) is 2.09. The molecule has 2 aromatic heterocycles. The molecular weight excluding hydrogens is 266 g/mol. The van der Waals surface area contributed by atoms with E-state index in [1.165, 1.54) is 16.5 Å². The predicted molar refractivity (Wildman–Crippen MR) is 85.3 cm³/mol. The lowest BCUT2D eigenvalue weighted by atomic mass is 9.99. The number of thiazole rings is 1. The van der Waals surface area contributed by atoms with Crippen LogP contribution in [0.1, 0.15) is 22.2 Å². The van der Waals surface area contributed by atoms with Crippen molar-refractivity contribution in [2.45, 2.75) is 19.3 Å². The normalized spacial score (nSPS) is 12.9. The van der Waals surface area contributed by atoms with Gasteiger partial charge in [0.15, 0.2) is 0 Å². The first-order valence-electron chi connectivity index (χ1n) is 6.84. The van der Waals surface area contributed by atoms with Crippen LogP contribution in [0.4, 0.5) is 0 Å². The molecule has 0 aliphatic heterocycles. The molecule has 0 saturated carbocycles. The predicted octanol–water partition coefficient (Wildman–Crippen LogP) is 3.23. The fourth-order valence-electron chi connectivity index (χ4n) is 2.68. The van der Waals surface area contributed by atoms with E-state index in [2.05, 4.69) is 52.4 Å². The van der Waals surface area contributed by atoms with E-state index in [-0.39, 0.29) is 0 Å². The van der Waals surface area contributed by atoms with Gasteiger partial charge in [0, 0.05) is 47.7 Å². The van der Waals surface area contributed by atoms with Crippen LogP contribution in [-0.2, 0) is 13.5 Å². The summed E-state index contributed by atoms with van der Waals surface area (Å²) in [5, 5.41) is 4.57. The monoisotopic (exact) mass is 285 g/mol. The van der Waals surface area contributed by atoms with Crippen molar-refractivity contribution in [3.8, 4) is 0 Å². The van der Waals surface area contributed by atoms with E-state index in [0.29, 0.717) is 12.5 Å². The number of benzene rings is 1. The lowest BCUT2D eigenvalue weighted by Gasteiger charge is -2.11. The number of hydrogen-bond donors (Lipinski definition) is 1. The Balaban J connectivity index is 1.95. The highest BCUT2D eigenvalue weighted by atomic mass is 32.1. The molecule has 104 valence electrons. The fraction of sp³-hybridized carbons (Fsp3) is 0.312. The van der Waals surface area contributed by atoms with Crippen LogP contribution in [0.25, 0.3) is 10.9 Å². The highest BCUT2D eigenvalue weighted by molar-refractivity contribution is 7.09. The van der Waals surface area contributed by atoms with Gasteiger partial charge < -0.3 is 10.3 Å². The third kappa shape index (κ3) is 2.37. The second kappa shape index (κ2) is 5.38. The molecule has 0 aliphatic carbocycles. The zero-order chi connectivity index (χ0) is 14.1. The van der Waals surface area contributed by atoms with Crippen molar-refractivity contribution in [1.29, 1.82) is 0 Å². The van der Waals surface area contributed by atoms with E-state index in [0.717, 1.165) is 17.1 Å². The van der Waals surface area contributed by atoms with Gasteiger partial charge in [0.25, 0.3) is 0 Å². The number of aromatic nitrogens is 2. The Morgan fingerprint density at radius 3 is 2.85 bits per heavy atom. The lowest BCUT2D eigenvalue weighted by molar-refractivity contribution is 0.688. The third-order valence-corrected chi connectivity index (χ3v) is 4.84. The lowest BCUT2D eigenvalue weighted by Crippen LogP contribution is -2.14. The Hall–Kier alpha value is -1.65. The van der Waals surface area contributed by atoms with E-state index in [1.54, 1.807) is 11.3 Å². The van der Waals surface area contributed by atoms with Gasteiger partial charge in [-0.3, -0.25) is 0 Å². The first kappa shape index (κ1) is 13.3. The number of fused-ring (bicyclic) bond motifs is 1. The molecule has 3 aromatic rings. The number of rotatable bonds is 4. The number of aryl methyl sites for hydroxylation is 2. The minimum absolute atomic E-state index is 0.305. The molecular formula is C16H19N3S. The quantitative estimate of drug-likeness (QED) is 0.800. The number of nitrogens with zero attached hydrogens (tertiary/aromatic N) is 2. The Bertz CT molecular complexity index is 726. The average Bonchev–Trinajstić information content (AvgIpc) is 3.01. The molecule has 4 heteroatoms. The van der Waals surface area contributed by atoms with Gasteiger partial charge in [-0.2, -0.15) is 0 Å². The molecule has 0 amide bonds. The van der Waals surface area contributed by atoms with Gasteiger partial charge in [-0.05, 0) is 25.0 Å². The summed E-state index contributed by atoms with van der Waals surface area (Å²) in [4.78, 5) is 4.60. The van der Waals surface area contributed by atoms with Crippen molar-refractivity contribution in [3.63, 3.8) is 0 Å². The number of para-hydroxylation sites is 1. The third-order valence-electron chi connectivity index (χ3n) is 3.72. The SMILES string of the molecule is Cc1csc(C(CN)Cc2cn(C)c3ccccc23)n1. The second-order valence-electron chi connectivity index (χ2n) is 5.25. The summed E-state index contributed by atoms with van der Waals surface area (Å²) in [6.45, 7) is 2.67. The second-order valence-corrected chi connectivity index (χ2v) is 6.14. The molecule has 2 N–H and O–H groups in total. The molecule has 1 aromatic carbocycles. The summed E-state index contributed by atoms with van der Waals surface area (Å²) in [5.41, 5.74) is 9.68. The van der Waals surface area contributed by atoms with Crippen molar-refractivity contribution >= 4 is 22.2 Å². The summed E-state index contributed by atoms with van der Waals surface area (Å²) in [6.07, 6.45) is 3.17. The van der Waals surface area contributed by atoms with Gasteiger partial charge in [0.05, 0.1) is 5.01 Å². The Morgan fingerprint density at radius 2 is 2.15 bits per heavy atom. The van der Waals surface area contributed by atoms with Gasteiger partial charge in [-0.15, -0.1) is 11.3 Å². The molecule has 2 heterocycles. The van der Waals surface area contributed by atoms with E-state index in [4.69, 9.17) is 5.73 Å². The van der Waals surface area contributed by atoms with Gasteiger partial charge >= 0.3 is 0 Å². The van der Waals surface area contributed by atoms with Gasteiger partial charge in [0.2, 0.25) is 0 Å². The molecule has 0 radical (unpaired) electrons. The van der Waals surface area contributed by atoms with Gasteiger partial charge in [-0.25, -0.2) is 4.98 Å². The van der Waals surface area contributed by atoms with Crippen molar-refractivity contribution in [3.05, 3.63) is 52.1 Å². The maximum Gasteiger partial charge on any atom is 0.0975 e. The zero-order valence-corrected chi connectivity index (χ0v) is 12.7. The minimum Gasteiger partial charge on any atom is -0.350 e. The highest BCUT2D eigenvalue weighted by Gasteiger charge is 2.17. The minimum atomic E-state index is 0.305. The molecule has 0 spiro atoms. The molecule has 0 bridgehead atoms. The topological polar surface area (TPSA) is 43.8 Å². The van der Waals surface area contributed by atoms with Crippen LogP contribution in [0.2, 0.25) is 0 Å². The van der Waals surface area contributed by atoms with Crippen LogP contribution in [0.5, 0.6) is 0 Å². The van der Waals surface area contributed by atoms with Crippen LogP contribution >= 0.6 is 11.3 Å². The average molecular weight is 285 g/mol. The number of hydrogen-bond acceptors (Lipinski definition) is 3. The fourth-order valence-corrected chi connectivity index (χ4v) is 3.60. The molecule has 1 atom stereocenters. The zero-order valence-electron chi connectivity index (χ0n) is 11.8. The molecule has 3 nitrogen and oxygen atoms in total. The van der Waals surface area contributed by atoms with E-state index < -0.39 is 0 Å². The summed E-state index contributed by atoms with van der Waals surface area (Å²) in [5.74, 6) is 0.305. The van der Waals surface area contributed by atoms with E-state index >= 15 is 0 Å². The van der Waals surface area contributed by atoms with Crippen molar-refractivity contribution in [2.24, 2.45) is 12.8 Å². The molecule has 0 aliphatic rings. The van der Waals surface area contributed by atoms with Crippen molar-refractivity contribution < 1.29 is 0 Å². The smallest absolute Gasteiger partial charge is 0.0975 e. The highest BCUT2D eigenvalue weighted by Crippen LogP contribution is 2.28. The van der Waals surface area contributed by atoms with Crippen LogP contribution in [0, 0.1) is 6.92 Å². The van der Waals surface area contributed by atoms with Gasteiger partial charge in [-0.1, -0.05) is 18.2 Å². The van der Waals surface area contributed by atoms with Crippen LogP contribution in [0.3, 0.4) is 0 Å². The Kier molecular flexibility index (Phi) is 3.59. The van der Waals surface area contributed by atoms with Crippen LogP contribution < -0.4 is 5.73 Å². The molecule has 1 unspecified atom stereocenters. The largest absolute Gasteiger partial charge is 0.350 e. The first-order chi connectivity index (χ1) is 9.69. The Morgan fingerprint density at radius 1 is 1.35 bits per heavy atom. The Labute approximate surface area is 123 Å². The first-order valence-corrected chi connectivity index (χ1v) is 7.72. The molecule has 0 saturated heterocycles. The van der Waals surface area contributed by atoms with Crippen molar-refractivity contribution in [2.75, 3.05) is 6.54 Å². The van der Waals surface area contributed by atoms with E-state index in [9.17, 15) is 0 Å². The van der Waals surface area contributed by atoms with Crippen LogP contribution in [-0.4, -0.2) is 16.1 Å². The van der Waals surface area contributed by atoms with E-state index in [1.807, 2.05) is 6.92 Å². The maximum atomic E-state index is 5.97. The van der Waals surface area contributed by atoms with Gasteiger partial charge in [0.1, 0.15) is 0 Å². The molecule has 0 fully saturated rings. The maximum absolute atomic E-state index is 5.97. The standard InChI is InChI=1S/C16H19N3S/c1-11-10-20-16(18-11)12(8-17)7-13-9-19(2)15-6-4-3-5-14(13)15/h3-6,9-10,12H,7-8,17H2,1-2H3. The summed E-state index contributed by atoms with van der Waals surface area (Å²) < 4.78 is 2.19. The number of nitrogens with two attached hydrogens (primary N) is 1. The van der Waals surface area contributed by atoms with Crippen LogP contribution in [0.15, 0.2) is 35.8 Å². The molecule has 20 heavy (non-hydrogen) atoms. The van der Waals surface area contributed by atoms with Crippen molar-refractivity contribution in [1.82, 2.24) is 9.55 Å². The molecule has 3 rings (SSSR count). The summed E-state index contributed by atoms with van der Waals surface area (Å²) in [6, 6.07) is 8.52.